The molecule has 0 saturated carbocycles. The van der Waals surface area contributed by atoms with Crippen molar-refractivity contribution >= 4 is 5.91 Å². The van der Waals surface area contributed by atoms with E-state index in [2.05, 4.69) is 25.7 Å². The third kappa shape index (κ3) is 5.00. The van der Waals surface area contributed by atoms with Crippen LogP contribution in [0.4, 0.5) is 8.78 Å². The summed E-state index contributed by atoms with van der Waals surface area (Å²) >= 11 is 0. The van der Waals surface area contributed by atoms with Gasteiger partial charge in [0.2, 0.25) is 0 Å². The summed E-state index contributed by atoms with van der Waals surface area (Å²) in [6, 6.07) is 7.86. The standard InChI is InChI=1S/C25H25F2N7O3/c1-14-18(6-5-7-20(14)25(26,27)13-35)16(3)30-24(37)21-8-9-23(36)34(31-21)17-10-19(15(2)28-11-17)22-12-29-32-33(22)4/h5-12,16,35H,13H2,1-4H3,(H,30,37)/t16-/m1/s1. The monoisotopic (exact) mass is 509 g/mol. The molecule has 4 aromatic rings. The first-order chi connectivity index (χ1) is 17.5. The quantitative estimate of drug-likeness (QED) is 0.392. The minimum Gasteiger partial charge on any atom is -0.390 e. The summed E-state index contributed by atoms with van der Waals surface area (Å²) < 4.78 is 30.9. The van der Waals surface area contributed by atoms with E-state index in [0.717, 1.165) is 4.68 Å². The molecule has 4 rings (SSSR count). The molecule has 1 aromatic carbocycles. The highest BCUT2D eigenvalue weighted by molar-refractivity contribution is 5.92. The highest BCUT2D eigenvalue weighted by Crippen LogP contribution is 2.33. The van der Waals surface area contributed by atoms with Crippen LogP contribution in [0.1, 0.15) is 45.8 Å². The first-order valence-electron chi connectivity index (χ1n) is 11.4. The van der Waals surface area contributed by atoms with Crippen molar-refractivity contribution < 1.29 is 18.7 Å². The number of nitrogens with one attached hydrogen (secondary N) is 1. The molecule has 2 N–H and O–H groups in total. The molecule has 37 heavy (non-hydrogen) atoms. The Bertz CT molecular complexity index is 1530. The largest absolute Gasteiger partial charge is 0.390 e. The molecule has 3 heterocycles. The number of hydrogen-bond acceptors (Lipinski definition) is 7. The van der Waals surface area contributed by atoms with Crippen molar-refractivity contribution in [3.63, 3.8) is 0 Å². The first kappa shape index (κ1) is 25.8. The SMILES string of the molecule is Cc1ncc(-n2nc(C(=O)N[C@H](C)c3cccc(C(F)(F)CO)c3C)ccc2=O)cc1-c1cnnn1C. The van der Waals surface area contributed by atoms with Crippen LogP contribution in [0, 0.1) is 13.8 Å². The molecule has 0 fully saturated rings. The van der Waals surface area contributed by atoms with Crippen molar-refractivity contribution in [1.82, 2.24) is 35.1 Å². The molecule has 192 valence electrons. The van der Waals surface area contributed by atoms with Gasteiger partial charge in [-0.2, -0.15) is 18.6 Å². The van der Waals surface area contributed by atoms with Crippen LogP contribution in [0.5, 0.6) is 0 Å². The van der Waals surface area contributed by atoms with E-state index in [9.17, 15) is 18.4 Å². The lowest BCUT2D eigenvalue weighted by molar-refractivity contribution is -0.0561. The van der Waals surface area contributed by atoms with Crippen molar-refractivity contribution in [2.24, 2.45) is 7.05 Å². The molecule has 3 aromatic heterocycles. The van der Waals surface area contributed by atoms with Crippen LogP contribution < -0.4 is 10.9 Å². The van der Waals surface area contributed by atoms with E-state index >= 15 is 0 Å². The van der Waals surface area contributed by atoms with Crippen molar-refractivity contribution in [2.75, 3.05) is 6.61 Å². The lowest BCUT2D eigenvalue weighted by Crippen LogP contribution is -2.31. The molecule has 0 radical (unpaired) electrons. The van der Waals surface area contributed by atoms with Gasteiger partial charge in [0.1, 0.15) is 12.3 Å². The molecular formula is C25H25F2N7O3. The number of aryl methyl sites for hydroxylation is 2. The Kier molecular flexibility index (Phi) is 6.94. The summed E-state index contributed by atoms with van der Waals surface area (Å²) in [5.41, 5.74) is 2.29. The van der Waals surface area contributed by atoms with Crippen molar-refractivity contribution in [2.45, 2.75) is 32.7 Å². The number of benzene rings is 1. The fraction of sp³-hybridized carbons (Fsp3) is 0.280. The Morgan fingerprint density at radius 2 is 1.95 bits per heavy atom. The van der Waals surface area contributed by atoms with Gasteiger partial charge in [0.15, 0.2) is 0 Å². The second-order valence-electron chi connectivity index (χ2n) is 8.62. The smallest absolute Gasteiger partial charge is 0.296 e. The third-order valence-electron chi connectivity index (χ3n) is 6.12. The van der Waals surface area contributed by atoms with Crippen LogP contribution in [0.3, 0.4) is 0 Å². The van der Waals surface area contributed by atoms with E-state index in [1.165, 1.54) is 37.4 Å². The Morgan fingerprint density at radius 3 is 2.62 bits per heavy atom. The van der Waals surface area contributed by atoms with Crippen molar-refractivity contribution in [3.8, 4) is 16.9 Å². The van der Waals surface area contributed by atoms with E-state index in [1.807, 2.05) is 0 Å². The van der Waals surface area contributed by atoms with E-state index < -0.39 is 30.0 Å². The molecule has 0 aliphatic heterocycles. The number of hydrogen-bond donors (Lipinski definition) is 2. The maximum absolute atomic E-state index is 14.1. The van der Waals surface area contributed by atoms with Gasteiger partial charge in [-0.15, -0.1) is 5.10 Å². The fourth-order valence-corrected chi connectivity index (χ4v) is 4.10. The van der Waals surface area contributed by atoms with Gasteiger partial charge < -0.3 is 10.4 Å². The summed E-state index contributed by atoms with van der Waals surface area (Å²) in [5.74, 6) is -4.01. The second kappa shape index (κ2) is 9.97. The maximum atomic E-state index is 14.1. The molecule has 12 heteroatoms. The molecular weight excluding hydrogens is 484 g/mol. The molecule has 0 bridgehead atoms. The van der Waals surface area contributed by atoms with Crippen LogP contribution in [0.25, 0.3) is 16.9 Å². The summed E-state index contributed by atoms with van der Waals surface area (Å²) in [6.45, 7) is 3.64. The number of aromatic nitrogens is 6. The Labute approximate surface area is 210 Å². The van der Waals surface area contributed by atoms with Gasteiger partial charge >= 0.3 is 0 Å². The van der Waals surface area contributed by atoms with Gasteiger partial charge in [0.05, 0.1) is 29.8 Å². The molecule has 0 aliphatic carbocycles. The predicted octanol–water partition coefficient (Wildman–Crippen LogP) is 2.61. The molecule has 1 atom stereocenters. The average molecular weight is 510 g/mol. The minimum absolute atomic E-state index is 0.0507. The Balaban J connectivity index is 1.64. The maximum Gasteiger partial charge on any atom is 0.296 e. The normalized spacial score (nSPS) is 12.4. The van der Waals surface area contributed by atoms with Gasteiger partial charge in [0, 0.05) is 29.9 Å². The number of rotatable bonds is 7. The number of aliphatic hydroxyl groups excluding tert-OH is 1. The molecule has 0 unspecified atom stereocenters. The zero-order chi connectivity index (χ0) is 26.9. The molecule has 0 saturated heterocycles. The van der Waals surface area contributed by atoms with Crippen LogP contribution in [-0.4, -0.2) is 47.4 Å². The first-order valence-corrected chi connectivity index (χ1v) is 11.4. The average Bonchev–Trinajstić information content (AvgIpc) is 3.30. The van der Waals surface area contributed by atoms with Crippen molar-refractivity contribution in [3.05, 3.63) is 87.2 Å². The van der Waals surface area contributed by atoms with Gasteiger partial charge in [0.25, 0.3) is 17.4 Å². The number of alkyl halides is 2. The number of carbonyl (C=O) groups is 1. The van der Waals surface area contributed by atoms with Gasteiger partial charge in [-0.05, 0) is 44.0 Å². The van der Waals surface area contributed by atoms with E-state index in [0.29, 0.717) is 28.2 Å². The Morgan fingerprint density at radius 1 is 1.19 bits per heavy atom. The lowest BCUT2D eigenvalue weighted by Gasteiger charge is -2.22. The van der Waals surface area contributed by atoms with Crippen LogP contribution in [0.2, 0.25) is 0 Å². The highest BCUT2D eigenvalue weighted by atomic mass is 19.3. The summed E-state index contributed by atoms with van der Waals surface area (Å²) in [6.07, 6.45) is 3.04. The van der Waals surface area contributed by atoms with Crippen LogP contribution in [0.15, 0.2) is 53.6 Å². The van der Waals surface area contributed by atoms with Crippen LogP contribution >= 0.6 is 0 Å². The lowest BCUT2D eigenvalue weighted by atomic mass is 9.94. The Hall–Kier alpha value is -4.32. The second-order valence-corrected chi connectivity index (χ2v) is 8.62. The number of nitrogens with zero attached hydrogens (tertiary/aromatic N) is 6. The summed E-state index contributed by atoms with van der Waals surface area (Å²) in [4.78, 5) is 30.0. The van der Waals surface area contributed by atoms with Gasteiger partial charge in [-0.1, -0.05) is 23.4 Å². The number of halogens is 2. The number of carbonyl (C=O) groups excluding carboxylic acids is 1. The predicted molar refractivity (Wildman–Crippen MR) is 130 cm³/mol. The van der Waals surface area contributed by atoms with E-state index in [1.54, 1.807) is 43.9 Å². The highest BCUT2D eigenvalue weighted by Gasteiger charge is 2.33. The number of aliphatic hydroxyl groups is 1. The topological polar surface area (TPSA) is 128 Å². The van der Waals surface area contributed by atoms with Crippen LogP contribution in [-0.2, 0) is 13.0 Å². The number of amides is 1. The zero-order valence-corrected chi connectivity index (χ0v) is 20.6. The third-order valence-corrected chi connectivity index (χ3v) is 6.12. The minimum atomic E-state index is -3.41. The molecule has 10 nitrogen and oxygen atoms in total. The molecule has 0 spiro atoms. The fourth-order valence-electron chi connectivity index (χ4n) is 4.10. The molecule has 1 amide bonds. The molecule has 0 aliphatic rings. The van der Waals surface area contributed by atoms with E-state index in [4.69, 9.17) is 5.11 Å². The van der Waals surface area contributed by atoms with Crippen molar-refractivity contribution in [1.29, 1.82) is 0 Å². The zero-order valence-electron chi connectivity index (χ0n) is 20.6. The summed E-state index contributed by atoms with van der Waals surface area (Å²) in [5, 5.41) is 23.8. The van der Waals surface area contributed by atoms with Gasteiger partial charge in [-0.25, -0.2) is 4.68 Å². The van der Waals surface area contributed by atoms with E-state index in [-0.39, 0.29) is 16.8 Å². The summed E-state index contributed by atoms with van der Waals surface area (Å²) in [7, 11) is 1.73. The van der Waals surface area contributed by atoms with Gasteiger partial charge in [-0.3, -0.25) is 14.6 Å². The number of pyridine rings is 1.